The van der Waals surface area contributed by atoms with Crippen LogP contribution in [-0.4, -0.2) is 52.6 Å². The van der Waals surface area contributed by atoms with E-state index in [1.807, 2.05) is 11.8 Å². The molecule has 1 saturated carbocycles. The maximum absolute atomic E-state index is 12.3. The van der Waals surface area contributed by atoms with E-state index >= 15 is 0 Å². The van der Waals surface area contributed by atoms with E-state index in [-0.39, 0.29) is 12.1 Å². The summed E-state index contributed by atoms with van der Waals surface area (Å²) in [5.41, 5.74) is -0.800. The zero-order valence-electron chi connectivity index (χ0n) is 12.9. The maximum atomic E-state index is 12.3. The summed E-state index contributed by atoms with van der Waals surface area (Å²) in [6.45, 7) is 2.71. The van der Waals surface area contributed by atoms with Gasteiger partial charge in [0.2, 0.25) is 0 Å². The van der Waals surface area contributed by atoms with E-state index in [1.165, 1.54) is 0 Å². The van der Waals surface area contributed by atoms with Crippen LogP contribution in [0.15, 0.2) is 0 Å². The first-order valence-corrected chi connectivity index (χ1v) is 9.05. The van der Waals surface area contributed by atoms with E-state index in [1.54, 1.807) is 11.8 Å². The first-order valence-electron chi connectivity index (χ1n) is 7.76. The lowest BCUT2D eigenvalue weighted by Gasteiger charge is -2.38. The van der Waals surface area contributed by atoms with E-state index < -0.39 is 11.4 Å². The van der Waals surface area contributed by atoms with Crippen molar-refractivity contribution in [2.45, 2.75) is 56.7 Å². The third kappa shape index (κ3) is 4.05. The molecule has 0 bridgehead atoms. The molecule has 0 radical (unpaired) electrons. The third-order valence-corrected chi connectivity index (χ3v) is 5.97. The van der Waals surface area contributed by atoms with E-state index in [9.17, 15) is 14.7 Å². The average molecular weight is 314 g/mol. The number of hydrogen-bond acceptors (Lipinski definition) is 3. The van der Waals surface area contributed by atoms with Gasteiger partial charge in [0.1, 0.15) is 0 Å². The molecule has 1 aliphatic carbocycles. The Bertz CT molecular complexity index is 396. The molecular weight excluding hydrogens is 288 g/mol. The number of carbonyl (C=O) groups is 2. The van der Waals surface area contributed by atoms with Gasteiger partial charge in [-0.3, -0.25) is 4.79 Å². The first-order chi connectivity index (χ1) is 9.94. The van der Waals surface area contributed by atoms with Gasteiger partial charge < -0.3 is 15.3 Å². The molecule has 1 aliphatic heterocycles. The molecule has 0 aromatic rings. The molecule has 0 aromatic heterocycles. The molecule has 21 heavy (non-hydrogen) atoms. The Morgan fingerprint density at radius 3 is 2.52 bits per heavy atom. The number of urea groups is 1. The predicted molar refractivity (Wildman–Crippen MR) is 84.6 cm³/mol. The fourth-order valence-electron chi connectivity index (χ4n) is 3.30. The van der Waals surface area contributed by atoms with Gasteiger partial charge in [-0.05, 0) is 51.7 Å². The van der Waals surface area contributed by atoms with Crippen molar-refractivity contribution >= 4 is 23.8 Å². The fourth-order valence-corrected chi connectivity index (χ4v) is 4.04. The Kier molecular flexibility index (Phi) is 5.41. The number of aliphatic carboxylic acids is 1. The van der Waals surface area contributed by atoms with Crippen LogP contribution in [0.25, 0.3) is 0 Å². The smallest absolute Gasteiger partial charge is 0.317 e. The lowest BCUT2D eigenvalue weighted by atomic mass is 9.82. The molecule has 1 heterocycles. The molecule has 2 fully saturated rings. The summed E-state index contributed by atoms with van der Waals surface area (Å²) >= 11 is 1.91. The highest BCUT2D eigenvalue weighted by Crippen LogP contribution is 2.30. The van der Waals surface area contributed by atoms with Crippen molar-refractivity contribution in [3.8, 4) is 0 Å². The number of carboxylic acid groups (broad SMARTS) is 1. The first kappa shape index (κ1) is 16.5. The molecule has 1 unspecified atom stereocenters. The van der Waals surface area contributed by atoms with Gasteiger partial charge in [-0.15, -0.1) is 0 Å². The summed E-state index contributed by atoms with van der Waals surface area (Å²) in [6.07, 6.45) is 7.91. The number of hydrogen-bond donors (Lipinski definition) is 2. The van der Waals surface area contributed by atoms with E-state index in [0.29, 0.717) is 19.5 Å². The van der Waals surface area contributed by atoms with Crippen molar-refractivity contribution in [1.29, 1.82) is 0 Å². The minimum atomic E-state index is -0.805. The Balaban J connectivity index is 1.85. The largest absolute Gasteiger partial charge is 0.481 e. The quantitative estimate of drug-likeness (QED) is 0.840. The maximum Gasteiger partial charge on any atom is 0.317 e. The summed E-state index contributed by atoms with van der Waals surface area (Å²) in [5, 5.41) is 13.1. The zero-order chi connectivity index (χ0) is 15.5. The molecule has 5 nitrogen and oxygen atoms in total. The number of piperidine rings is 1. The third-order valence-electron chi connectivity index (χ3n) is 4.84. The molecule has 0 spiro atoms. The lowest BCUT2D eigenvalue weighted by Crippen LogP contribution is -2.53. The van der Waals surface area contributed by atoms with Crippen molar-refractivity contribution in [2.24, 2.45) is 5.41 Å². The molecule has 2 N–H and O–H groups in total. The van der Waals surface area contributed by atoms with Crippen LogP contribution in [0.5, 0.6) is 0 Å². The van der Waals surface area contributed by atoms with Gasteiger partial charge in [-0.1, -0.05) is 0 Å². The predicted octanol–water partition coefficient (Wildman–Crippen LogP) is 2.56. The topological polar surface area (TPSA) is 69.6 Å². The second kappa shape index (κ2) is 6.90. The molecular formula is C15H26N2O3S. The van der Waals surface area contributed by atoms with Gasteiger partial charge in [0.25, 0.3) is 0 Å². The molecule has 2 amide bonds. The molecule has 1 atom stereocenters. The molecule has 6 heteroatoms. The number of nitrogens with zero attached hydrogens (tertiary/aromatic N) is 1. The zero-order valence-corrected chi connectivity index (χ0v) is 13.7. The van der Waals surface area contributed by atoms with Gasteiger partial charge >= 0.3 is 12.0 Å². The number of rotatable bonds is 3. The van der Waals surface area contributed by atoms with E-state index in [0.717, 1.165) is 37.4 Å². The Morgan fingerprint density at radius 2 is 1.95 bits per heavy atom. The second-order valence-corrected chi connectivity index (χ2v) is 7.69. The van der Waals surface area contributed by atoms with Crippen molar-refractivity contribution < 1.29 is 14.7 Å². The summed E-state index contributed by atoms with van der Waals surface area (Å²) < 4.78 is 0. The van der Waals surface area contributed by atoms with Gasteiger partial charge in [-0.25, -0.2) is 4.79 Å². The normalized spacial score (nSPS) is 33.5. The SMILES string of the molecule is CSC1CCC(NC(=O)N2CCCC(C)(C(=O)O)C2)CC1. The Labute approximate surface area is 130 Å². The summed E-state index contributed by atoms with van der Waals surface area (Å²) in [5.74, 6) is -0.805. The van der Waals surface area contributed by atoms with Crippen molar-refractivity contribution in [1.82, 2.24) is 10.2 Å². The Morgan fingerprint density at radius 1 is 1.29 bits per heavy atom. The number of carboxylic acids is 1. The molecule has 2 aliphatic rings. The summed E-state index contributed by atoms with van der Waals surface area (Å²) in [6, 6.07) is 0.161. The van der Waals surface area contributed by atoms with Gasteiger partial charge in [0, 0.05) is 24.4 Å². The number of likely N-dealkylation sites (tertiary alicyclic amines) is 1. The summed E-state index contributed by atoms with van der Waals surface area (Å²) in [7, 11) is 0. The van der Waals surface area contributed by atoms with Crippen LogP contribution in [0.3, 0.4) is 0 Å². The highest BCUT2D eigenvalue weighted by Gasteiger charge is 2.39. The highest BCUT2D eigenvalue weighted by molar-refractivity contribution is 7.99. The van der Waals surface area contributed by atoms with Crippen LogP contribution in [-0.2, 0) is 4.79 Å². The monoisotopic (exact) mass is 314 g/mol. The lowest BCUT2D eigenvalue weighted by molar-refractivity contribution is -0.150. The van der Waals surface area contributed by atoms with Crippen molar-refractivity contribution in [2.75, 3.05) is 19.3 Å². The van der Waals surface area contributed by atoms with Crippen LogP contribution in [0, 0.1) is 5.41 Å². The van der Waals surface area contributed by atoms with Crippen LogP contribution >= 0.6 is 11.8 Å². The van der Waals surface area contributed by atoms with Crippen LogP contribution in [0.1, 0.15) is 45.4 Å². The number of nitrogens with one attached hydrogen (secondary N) is 1. The van der Waals surface area contributed by atoms with Gasteiger partial charge in [0.15, 0.2) is 0 Å². The van der Waals surface area contributed by atoms with Crippen LogP contribution in [0.4, 0.5) is 4.79 Å². The fraction of sp³-hybridized carbons (Fsp3) is 0.867. The standard InChI is InChI=1S/C15H26N2O3S/c1-15(13(18)19)8-3-9-17(10-15)14(20)16-11-4-6-12(21-2)7-5-11/h11-12H,3-10H2,1-2H3,(H,16,20)(H,18,19). The van der Waals surface area contributed by atoms with Crippen LogP contribution < -0.4 is 5.32 Å². The average Bonchev–Trinajstić information content (AvgIpc) is 2.48. The van der Waals surface area contributed by atoms with E-state index in [4.69, 9.17) is 0 Å². The molecule has 1 saturated heterocycles. The molecule has 2 rings (SSSR count). The summed E-state index contributed by atoms with van der Waals surface area (Å²) in [4.78, 5) is 25.4. The molecule has 0 aromatic carbocycles. The molecule has 120 valence electrons. The number of carbonyl (C=O) groups excluding carboxylic acids is 1. The Hall–Kier alpha value is -0.910. The van der Waals surface area contributed by atoms with Gasteiger partial charge in [0.05, 0.1) is 5.41 Å². The second-order valence-electron chi connectivity index (χ2n) is 6.55. The minimum Gasteiger partial charge on any atom is -0.481 e. The number of amides is 2. The van der Waals surface area contributed by atoms with Gasteiger partial charge in [-0.2, -0.15) is 11.8 Å². The minimum absolute atomic E-state index is 0.0882. The van der Waals surface area contributed by atoms with Crippen molar-refractivity contribution in [3.05, 3.63) is 0 Å². The van der Waals surface area contributed by atoms with E-state index in [2.05, 4.69) is 11.6 Å². The number of thioether (sulfide) groups is 1. The highest BCUT2D eigenvalue weighted by atomic mass is 32.2. The van der Waals surface area contributed by atoms with Crippen LogP contribution in [0.2, 0.25) is 0 Å². The van der Waals surface area contributed by atoms with Crippen molar-refractivity contribution in [3.63, 3.8) is 0 Å².